The number of carbonyl (C=O) groups is 1. The molecule has 0 aliphatic carbocycles. The number of nitrogens with one attached hydrogen (secondary N) is 1. The van der Waals surface area contributed by atoms with Gasteiger partial charge in [0, 0.05) is 12.6 Å². The number of Topliss-reactive ketones (excluding diaryl/α,β-unsaturated/α-hetero) is 1. The summed E-state index contributed by atoms with van der Waals surface area (Å²) in [6.45, 7) is 7.20. The molecule has 24 heavy (non-hydrogen) atoms. The van der Waals surface area contributed by atoms with Gasteiger partial charge in [0.25, 0.3) is 0 Å². The van der Waals surface area contributed by atoms with Gasteiger partial charge in [0.2, 0.25) is 0 Å². The van der Waals surface area contributed by atoms with Crippen molar-refractivity contribution in [3.05, 3.63) is 24.2 Å². The molecule has 0 aliphatic heterocycles. The lowest BCUT2D eigenvalue weighted by Crippen LogP contribution is -2.44. The minimum absolute atomic E-state index is 0. The highest BCUT2D eigenvalue weighted by atomic mass is 35.5. The molecule has 0 aromatic carbocycles. The first-order valence-electron chi connectivity index (χ1n) is 8.64. The van der Waals surface area contributed by atoms with Crippen molar-refractivity contribution in [2.75, 3.05) is 12.3 Å². The number of halogens is 1. The van der Waals surface area contributed by atoms with Crippen molar-refractivity contribution in [3.8, 4) is 0 Å². The first kappa shape index (κ1) is 23.5. The Bertz CT molecular complexity index is 427. The molecule has 2 atom stereocenters. The summed E-state index contributed by atoms with van der Waals surface area (Å²) in [7, 11) is 0. The van der Waals surface area contributed by atoms with Crippen LogP contribution in [0.1, 0.15) is 52.2 Å². The number of nitrogens with two attached hydrogens (primary N) is 1. The van der Waals surface area contributed by atoms with Gasteiger partial charge in [-0.2, -0.15) is 0 Å². The highest BCUT2D eigenvalue weighted by Crippen LogP contribution is 2.14. The number of thioether (sulfide) groups is 1. The summed E-state index contributed by atoms with van der Waals surface area (Å²) in [6.07, 6.45) is 5.70. The second kappa shape index (κ2) is 13.8. The molecule has 1 aromatic rings. The molecule has 6 heteroatoms. The lowest BCUT2D eigenvalue weighted by atomic mass is 10.0. The summed E-state index contributed by atoms with van der Waals surface area (Å²) in [5.41, 5.74) is 6.12. The molecule has 1 heterocycles. The van der Waals surface area contributed by atoms with E-state index in [4.69, 9.17) is 10.2 Å². The number of ketones is 1. The Hall–Kier alpha value is -0.490. The van der Waals surface area contributed by atoms with Crippen molar-refractivity contribution in [3.63, 3.8) is 0 Å². The molecule has 0 amide bonds. The molecular formula is C18H33ClN2O2S. The summed E-state index contributed by atoms with van der Waals surface area (Å²) >= 11 is 1.61. The Balaban J connectivity index is 0.00000529. The number of rotatable bonds is 13. The van der Waals surface area contributed by atoms with Crippen molar-refractivity contribution >= 4 is 30.0 Å². The van der Waals surface area contributed by atoms with Crippen LogP contribution in [0.15, 0.2) is 22.8 Å². The van der Waals surface area contributed by atoms with Crippen LogP contribution in [0, 0.1) is 5.92 Å². The maximum atomic E-state index is 12.5. The fourth-order valence-electron chi connectivity index (χ4n) is 2.52. The molecule has 4 nitrogen and oxygen atoms in total. The van der Waals surface area contributed by atoms with Crippen LogP contribution in [0.3, 0.4) is 0 Å². The molecule has 0 radical (unpaired) electrons. The maximum Gasteiger partial charge on any atom is 0.159 e. The van der Waals surface area contributed by atoms with Crippen LogP contribution in [0.25, 0.3) is 0 Å². The molecule has 0 spiro atoms. The summed E-state index contributed by atoms with van der Waals surface area (Å²) in [4.78, 5) is 12.5. The third kappa shape index (κ3) is 10.4. The molecule has 2 unspecified atom stereocenters. The van der Waals surface area contributed by atoms with E-state index >= 15 is 0 Å². The second-order valence-corrected chi connectivity index (χ2v) is 7.52. The Morgan fingerprint density at radius 1 is 1.42 bits per heavy atom. The third-order valence-corrected chi connectivity index (χ3v) is 4.68. The predicted octanol–water partition coefficient (Wildman–Crippen LogP) is 4.03. The molecule has 0 saturated carbocycles. The van der Waals surface area contributed by atoms with Gasteiger partial charge in [-0.15, -0.1) is 24.2 Å². The van der Waals surface area contributed by atoms with Gasteiger partial charge in [-0.05, 0) is 30.9 Å². The Morgan fingerprint density at radius 3 is 2.75 bits per heavy atom. The van der Waals surface area contributed by atoms with Crippen molar-refractivity contribution in [1.29, 1.82) is 0 Å². The van der Waals surface area contributed by atoms with E-state index in [1.165, 1.54) is 0 Å². The van der Waals surface area contributed by atoms with Crippen LogP contribution in [0.5, 0.6) is 0 Å². The lowest BCUT2D eigenvalue weighted by molar-refractivity contribution is -0.118. The highest BCUT2D eigenvalue weighted by molar-refractivity contribution is 7.99. The van der Waals surface area contributed by atoms with Crippen LogP contribution < -0.4 is 11.1 Å². The molecule has 1 aromatic heterocycles. The highest BCUT2D eigenvalue weighted by Gasteiger charge is 2.18. The Morgan fingerprint density at radius 2 is 2.17 bits per heavy atom. The first-order valence-corrected chi connectivity index (χ1v) is 9.80. The molecule has 140 valence electrons. The third-order valence-electron chi connectivity index (χ3n) is 3.70. The fraction of sp³-hybridized carbons (Fsp3) is 0.722. The fourth-order valence-corrected chi connectivity index (χ4v) is 3.38. The van der Waals surface area contributed by atoms with Crippen molar-refractivity contribution in [2.45, 2.75) is 64.3 Å². The zero-order chi connectivity index (χ0) is 17.1. The van der Waals surface area contributed by atoms with E-state index < -0.39 is 0 Å². The molecular weight excluding hydrogens is 344 g/mol. The average molecular weight is 377 g/mol. The van der Waals surface area contributed by atoms with Gasteiger partial charge in [0.05, 0.1) is 23.8 Å². The van der Waals surface area contributed by atoms with Gasteiger partial charge in [-0.1, -0.05) is 33.6 Å². The van der Waals surface area contributed by atoms with E-state index in [0.717, 1.165) is 37.2 Å². The number of furan rings is 1. The zero-order valence-corrected chi connectivity index (χ0v) is 16.8. The van der Waals surface area contributed by atoms with Crippen LogP contribution in [-0.2, 0) is 10.5 Å². The normalized spacial score (nSPS) is 13.5. The largest absolute Gasteiger partial charge is 0.468 e. The van der Waals surface area contributed by atoms with E-state index in [2.05, 4.69) is 26.1 Å². The first-order chi connectivity index (χ1) is 11.0. The van der Waals surface area contributed by atoms with Gasteiger partial charge < -0.3 is 15.5 Å². The molecule has 3 N–H and O–H groups in total. The van der Waals surface area contributed by atoms with Gasteiger partial charge >= 0.3 is 0 Å². The summed E-state index contributed by atoms with van der Waals surface area (Å²) < 4.78 is 5.29. The molecule has 0 fully saturated rings. The monoisotopic (exact) mass is 376 g/mol. The Labute approximate surface area is 157 Å². The predicted molar refractivity (Wildman–Crippen MR) is 106 cm³/mol. The van der Waals surface area contributed by atoms with Crippen LogP contribution in [-0.4, -0.2) is 30.2 Å². The number of unbranched alkanes of at least 4 members (excludes halogenated alkanes) is 1. The van der Waals surface area contributed by atoms with E-state index in [9.17, 15) is 4.79 Å². The standard InChI is InChI=1S/C18H32N2O2S.ClH/c1-4-5-8-17(20-11-15(19)10-14(2)3)18(21)13-23-12-16-7-6-9-22-16;/h6-7,9,14-15,17,20H,4-5,8,10-13,19H2,1-3H3;1H. The Kier molecular flexibility index (Phi) is 13.5. The molecule has 0 aliphatic rings. The van der Waals surface area contributed by atoms with Crippen molar-refractivity contribution in [2.24, 2.45) is 11.7 Å². The summed E-state index contributed by atoms with van der Waals surface area (Å²) in [5.74, 6) is 3.03. The van der Waals surface area contributed by atoms with Crippen LogP contribution in [0.4, 0.5) is 0 Å². The number of carbonyl (C=O) groups excluding carboxylic acids is 1. The summed E-state index contributed by atoms with van der Waals surface area (Å²) in [5, 5.41) is 3.39. The van der Waals surface area contributed by atoms with Crippen LogP contribution in [0.2, 0.25) is 0 Å². The van der Waals surface area contributed by atoms with E-state index in [-0.39, 0.29) is 30.3 Å². The molecule has 0 saturated heterocycles. The van der Waals surface area contributed by atoms with Gasteiger partial charge in [0.15, 0.2) is 5.78 Å². The van der Waals surface area contributed by atoms with Gasteiger partial charge in [-0.25, -0.2) is 0 Å². The lowest BCUT2D eigenvalue weighted by Gasteiger charge is -2.21. The average Bonchev–Trinajstić information content (AvgIpc) is 2.99. The van der Waals surface area contributed by atoms with Gasteiger partial charge in [-0.3, -0.25) is 4.79 Å². The van der Waals surface area contributed by atoms with Gasteiger partial charge in [0.1, 0.15) is 5.76 Å². The van der Waals surface area contributed by atoms with Crippen molar-refractivity contribution in [1.82, 2.24) is 5.32 Å². The topological polar surface area (TPSA) is 68.3 Å². The van der Waals surface area contributed by atoms with Crippen molar-refractivity contribution < 1.29 is 9.21 Å². The van der Waals surface area contributed by atoms with E-state index in [1.54, 1.807) is 18.0 Å². The minimum atomic E-state index is -0.0720. The SMILES string of the molecule is CCCCC(NCC(N)CC(C)C)C(=O)CSCc1ccco1.Cl. The maximum absolute atomic E-state index is 12.5. The molecule has 1 rings (SSSR count). The molecule has 0 bridgehead atoms. The summed E-state index contributed by atoms with van der Waals surface area (Å²) in [6, 6.07) is 3.86. The second-order valence-electron chi connectivity index (χ2n) is 6.53. The van der Waals surface area contributed by atoms with E-state index in [0.29, 0.717) is 18.2 Å². The minimum Gasteiger partial charge on any atom is -0.468 e. The number of hydrogen-bond acceptors (Lipinski definition) is 5. The quantitative estimate of drug-likeness (QED) is 0.544. The smallest absolute Gasteiger partial charge is 0.159 e. The zero-order valence-electron chi connectivity index (χ0n) is 15.1. The van der Waals surface area contributed by atoms with E-state index in [1.807, 2.05) is 12.1 Å². The van der Waals surface area contributed by atoms with Crippen LogP contribution >= 0.6 is 24.2 Å². The number of hydrogen-bond donors (Lipinski definition) is 2.